The summed E-state index contributed by atoms with van der Waals surface area (Å²) in [7, 11) is 0. The quantitative estimate of drug-likeness (QED) is 0.716. The van der Waals surface area contributed by atoms with Crippen molar-refractivity contribution in [2.75, 3.05) is 0 Å². The van der Waals surface area contributed by atoms with Crippen LogP contribution < -0.4 is 5.32 Å². The summed E-state index contributed by atoms with van der Waals surface area (Å²) in [6.45, 7) is 0. The predicted molar refractivity (Wildman–Crippen MR) is 42.6 cm³/mol. The van der Waals surface area contributed by atoms with E-state index in [9.17, 15) is 4.79 Å². The van der Waals surface area contributed by atoms with Gasteiger partial charge in [0, 0.05) is 17.6 Å². The third-order valence-electron chi connectivity index (χ3n) is 1.54. The van der Waals surface area contributed by atoms with Crippen molar-refractivity contribution < 1.29 is 4.79 Å². The summed E-state index contributed by atoms with van der Waals surface area (Å²) in [5.74, 6) is -0.0255. The van der Waals surface area contributed by atoms with Crippen LogP contribution in [-0.4, -0.2) is 16.9 Å². The number of amides is 1. The maximum Gasteiger partial charge on any atom is 0.280 e. The lowest BCUT2D eigenvalue weighted by atomic mass is 10.6. The van der Waals surface area contributed by atoms with E-state index in [1.165, 1.54) is 11.3 Å². The first kappa shape index (κ1) is 6.79. The number of rotatable bonds is 2. The molecule has 0 unspecified atom stereocenters. The normalized spacial score (nSPS) is 16.4. The molecule has 1 aliphatic rings. The van der Waals surface area contributed by atoms with Gasteiger partial charge in [-0.25, -0.2) is 4.98 Å². The van der Waals surface area contributed by atoms with Gasteiger partial charge in [0.05, 0.1) is 0 Å². The summed E-state index contributed by atoms with van der Waals surface area (Å²) in [4.78, 5) is 15.1. The van der Waals surface area contributed by atoms with Gasteiger partial charge in [-0.1, -0.05) is 0 Å². The van der Waals surface area contributed by atoms with Gasteiger partial charge in [-0.3, -0.25) is 4.79 Å². The molecule has 0 bridgehead atoms. The van der Waals surface area contributed by atoms with Gasteiger partial charge in [0.25, 0.3) is 5.91 Å². The largest absolute Gasteiger partial charge is 0.347 e. The van der Waals surface area contributed by atoms with Gasteiger partial charge < -0.3 is 5.32 Å². The van der Waals surface area contributed by atoms with Gasteiger partial charge in [-0.05, 0) is 12.8 Å². The van der Waals surface area contributed by atoms with Gasteiger partial charge in [0.2, 0.25) is 0 Å². The Morgan fingerprint density at radius 3 is 3.09 bits per heavy atom. The number of hydrogen-bond acceptors (Lipinski definition) is 3. The van der Waals surface area contributed by atoms with Crippen molar-refractivity contribution in [3.8, 4) is 0 Å². The number of aromatic nitrogens is 1. The second-order valence-corrected chi connectivity index (χ2v) is 3.48. The molecule has 4 heteroatoms. The van der Waals surface area contributed by atoms with Gasteiger partial charge in [-0.2, -0.15) is 0 Å². The first-order chi connectivity index (χ1) is 5.36. The van der Waals surface area contributed by atoms with Crippen LogP contribution in [0.2, 0.25) is 0 Å². The Labute approximate surface area is 68.5 Å². The monoisotopic (exact) mass is 168 g/mol. The Kier molecular flexibility index (Phi) is 1.62. The molecular weight excluding hydrogens is 160 g/mol. The number of carbonyl (C=O) groups is 1. The summed E-state index contributed by atoms with van der Waals surface area (Å²) in [5, 5.41) is 5.24. The molecule has 1 aliphatic carbocycles. The van der Waals surface area contributed by atoms with Crippen LogP contribution >= 0.6 is 11.3 Å². The number of nitrogens with one attached hydrogen (secondary N) is 1. The third kappa shape index (κ3) is 1.57. The van der Waals surface area contributed by atoms with E-state index in [2.05, 4.69) is 10.3 Å². The molecule has 0 saturated heterocycles. The minimum Gasteiger partial charge on any atom is -0.347 e. The number of hydrogen-bond donors (Lipinski definition) is 1. The third-order valence-corrected chi connectivity index (χ3v) is 2.31. The molecule has 2 rings (SSSR count). The van der Waals surface area contributed by atoms with Gasteiger partial charge in [0.1, 0.15) is 0 Å². The van der Waals surface area contributed by atoms with Crippen LogP contribution in [0.15, 0.2) is 11.6 Å². The standard InChI is InChI=1S/C7H8N2OS/c10-6(9-5-1-2-5)7-8-3-4-11-7/h3-5H,1-2H2,(H,9,10). The van der Waals surface area contributed by atoms with Crippen molar-refractivity contribution in [3.05, 3.63) is 16.6 Å². The molecule has 1 N–H and O–H groups in total. The van der Waals surface area contributed by atoms with Crippen LogP contribution in [0.25, 0.3) is 0 Å². The maximum absolute atomic E-state index is 11.2. The molecule has 0 spiro atoms. The summed E-state index contributed by atoms with van der Waals surface area (Å²) >= 11 is 1.38. The molecule has 1 saturated carbocycles. The zero-order valence-electron chi connectivity index (χ0n) is 5.91. The Bertz CT molecular complexity index is 253. The molecule has 1 aromatic heterocycles. The smallest absolute Gasteiger partial charge is 0.280 e. The number of nitrogens with zero attached hydrogens (tertiary/aromatic N) is 1. The topological polar surface area (TPSA) is 42.0 Å². The van der Waals surface area contributed by atoms with Gasteiger partial charge in [-0.15, -0.1) is 11.3 Å². The average Bonchev–Trinajstić information content (AvgIpc) is 2.67. The Hall–Kier alpha value is -0.900. The summed E-state index contributed by atoms with van der Waals surface area (Å²) < 4.78 is 0. The molecule has 0 atom stereocenters. The Balaban J connectivity index is 1.99. The van der Waals surface area contributed by atoms with Crippen LogP contribution in [0.4, 0.5) is 0 Å². The van der Waals surface area contributed by atoms with E-state index in [-0.39, 0.29) is 5.91 Å². The second kappa shape index (κ2) is 2.62. The van der Waals surface area contributed by atoms with E-state index in [1.54, 1.807) is 6.20 Å². The van der Waals surface area contributed by atoms with Crippen molar-refractivity contribution in [2.24, 2.45) is 0 Å². The molecule has 0 aliphatic heterocycles. The zero-order valence-corrected chi connectivity index (χ0v) is 6.73. The van der Waals surface area contributed by atoms with E-state index in [0.717, 1.165) is 12.8 Å². The molecule has 1 fully saturated rings. The van der Waals surface area contributed by atoms with E-state index in [0.29, 0.717) is 11.0 Å². The van der Waals surface area contributed by atoms with E-state index >= 15 is 0 Å². The van der Waals surface area contributed by atoms with Crippen LogP contribution in [0.1, 0.15) is 22.6 Å². The average molecular weight is 168 g/mol. The highest BCUT2D eigenvalue weighted by Gasteiger charge is 2.24. The van der Waals surface area contributed by atoms with Crippen molar-refractivity contribution in [1.29, 1.82) is 0 Å². The summed E-state index contributed by atoms with van der Waals surface area (Å²) in [6, 6.07) is 0.423. The highest BCUT2D eigenvalue weighted by Crippen LogP contribution is 2.19. The maximum atomic E-state index is 11.2. The van der Waals surface area contributed by atoms with E-state index in [4.69, 9.17) is 0 Å². The summed E-state index contributed by atoms with van der Waals surface area (Å²) in [6.07, 6.45) is 3.89. The summed E-state index contributed by atoms with van der Waals surface area (Å²) in [5.41, 5.74) is 0. The lowest BCUT2D eigenvalue weighted by molar-refractivity contribution is 0.0950. The molecule has 58 valence electrons. The molecule has 3 nitrogen and oxygen atoms in total. The lowest BCUT2D eigenvalue weighted by Gasteiger charge is -1.96. The van der Waals surface area contributed by atoms with Gasteiger partial charge >= 0.3 is 0 Å². The SMILES string of the molecule is O=C(NC1CC1)c1nccs1. The fourth-order valence-corrected chi connectivity index (χ4v) is 1.35. The highest BCUT2D eigenvalue weighted by atomic mass is 32.1. The van der Waals surface area contributed by atoms with E-state index in [1.807, 2.05) is 5.38 Å². The molecule has 11 heavy (non-hydrogen) atoms. The van der Waals surface area contributed by atoms with Crippen LogP contribution in [0.3, 0.4) is 0 Å². The lowest BCUT2D eigenvalue weighted by Crippen LogP contribution is -2.24. The Morgan fingerprint density at radius 2 is 2.55 bits per heavy atom. The number of thiazole rings is 1. The highest BCUT2D eigenvalue weighted by molar-refractivity contribution is 7.11. The minimum atomic E-state index is -0.0255. The second-order valence-electron chi connectivity index (χ2n) is 2.58. The van der Waals surface area contributed by atoms with Crippen molar-refractivity contribution in [1.82, 2.24) is 10.3 Å². The molecule has 0 aromatic carbocycles. The van der Waals surface area contributed by atoms with Crippen LogP contribution in [-0.2, 0) is 0 Å². The fourth-order valence-electron chi connectivity index (χ4n) is 0.810. The Morgan fingerprint density at radius 1 is 1.73 bits per heavy atom. The van der Waals surface area contributed by atoms with Crippen molar-refractivity contribution >= 4 is 17.2 Å². The minimum absolute atomic E-state index is 0.0255. The zero-order chi connectivity index (χ0) is 7.68. The van der Waals surface area contributed by atoms with E-state index < -0.39 is 0 Å². The first-order valence-electron chi connectivity index (χ1n) is 3.56. The molecule has 1 aromatic rings. The molecular formula is C7H8N2OS. The molecule has 1 heterocycles. The molecule has 0 radical (unpaired) electrons. The first-order valence-corrected chi connectivity index (χ1v) is 4.44. The number of carbonyl (C=O) groups excluding carboxylic acids is 1. The van der Waals surface area contributed by atoms with Gasteiger partial charge in [0.15, 0.2) is 5.01 Å². The van der Waals surface area contributed by atoms with Crippen LogP contribution in [0.5, 0.6) is 0 Å². The van der Waals surface area contributed by atoms with Crippen molar-refractivity contribution in [2.45, 2.75) is 18.9 Å². The fraction of sp³-hybridized carbons (Fsp3) is 0.429. The molecule has 1 amide bonds. The van der Waals surface area contributed by atoms with Crippen molar-refractivity contribution in [3.63, 3.8) is 0 Å². The predicted octanol–water partition coefficient (Wildman–Crippen LogP) is 1.04. The van der Waals surface area contributed by atoms with Crippen LogP contribution in [0, 0.1) is 0 Å².